The summed E-state index contributed by atoms with van der Waals surface area (Å²) < 4.78 is 5.02. The second-order valence-corrected chi connectivity index (χ2v) is 2.89. The molecule has 0 spiro atoms. The van der Waals surface area contributed by atoms with Crippen LogP contribution in [0.3, 0.4) is 0 Å². The third-order valence-corrected chi connectivity index (χ3v) is 1.75. The Morgan fingerprint density at radius 3 is 2.73 bits per heavy atom. The normalized spacial score (nSPS) is 9.73. The molecule has 1 rings (SSSR count). The molecule has 15 heavy (non-hydrogen) atoms. The highest BCUT2D eigenvalue weighted by atomic mass is 17.2. The van der Waals surface area contributed by atoms with E-state index in [2.05, 4.69) is 4.89 Å². The number of carbonyl (C=O) groups is 1. The molecule has 0 unspecified atom stereocenters. The maximum absolute atomic E-state index is 11.5. The fourth-order valence-corrected chi connectivity index (χ4v) is 1.04. The average Bonchev–Trinajstić information content (AvgIpc) is 2.29. The van der Waals surface area contributed by atoms with E-state index in [9.17, 15) is 4.79 Å². The van der Waals surface area contributed by atoms with Gasteiger partial charge in [-0.25, -0.2) is 4.79 Å². The van der Waals surface area contributed by atoms with Crippen LogP contribution >= 0.6 is 0 Å². The summed E-state index contributed by atoms with van der Waals surface area (Å²) in [6.07, 6.45) is 0.791. The summed E-state index contributed by atoms with van der Waals surface area (Å²) in [7, 11) is 1.50. The quantitative estimate of drug-likeness (QED) is 0.424. The second-order valence-electron chi connectivity index (χ2n) is 2.89. The van der Waals surface area contributed by atoms with Crippen molar-refractivity contribution in [1.82, 2.24) is 0 Å². The van der Waals surface area contributed by atoms with Gasteiger partial charge in [0.2, 0.25) is 0 Å². The van der Waals surface area contributed by atoms with Crippen LogP contribution in [0.25, 0.3) is 0 Å². The van der Waals surface area contributed by atoms with Gasteiger partial charge in [0.25, 0.3) is 0 Å². The van der Waals surface area contributed by atoms with E-state index < -0.39 is 5.97 Å². The first kappa shape index (κ1) is 11.5. The first-order valence-corrected chi connectivity index (χ1v) is 4.76. The van der Waals surface area contributed by atoms with Gasteiger partial charge in [-0.3, -0.25) is 4.89 Å². The lowest BCUT2D eigenvalue weighted by molar-refractivity contribution is -0.240. The van der Waals surface area contributed by atoms with E-state index in [4.69, 9.17) is 9.62 Å². The van der Waals surface area contributed by atoms with Crippen LogP contribution in [0.15, 0.2) is 24.3 Å². The number of hydrogen-bond acceptors (Lipinski definition) is 4. The minimum atomic E-state index is -0.541. The van der Waals surface area contributed by atoms with Gasteiger partial charge in [0.1, 0.15) is 11.3 Å². The molecule has 0 aliphatic rings. The number of benzene rings is 1. The monoisotopic (exact) mass is 210 g/mol. The molecule has 4 heteroatoms. The lowest BCUT2D eigenvalue weighted by atomic mass is 10.2. The van der Waals surface area contributed by atoms with Crippen LogP contribution in [0.5, 0.6) is 5.75 Å². The third-order valence-electron chi connectivity index (χ3n) is 1.75. The van der Waals surface area contributed by atoms with Crippen molar-refractivity contribution in [3.8, 4) is 5.75 Å². The summed E-state index contributed by atoms with van der Waals surface area (Å²) in [5.74, 6) is -0.0662. The lowest BCUT2D eigenvalue weighted by Crippen LogP contribution is -2.08. The summed E-state index contributed by atoms with van der Waals surface area (Å²) in [5.41, 5.74) is 0.358. The Morgan fingerprint density at radius 2 is 2.07 bits per heavy atom. The Labute approximate surface area is 88.7 Å². The molecule has 0 saturated carbocycles. The van der Waals surface area contributed by atoms with Gasteiger partial charge < -0.3 is 4.74 Å². The van der Waals surface area contributed by atoms with Crippen LogP contribution in [0, 0.1) is 0 Å². The molecule has 0 radical (unpaired) electrons. The molecule has 0 aromatic heterocycles. The zero-order valence-electron chi connectivity index (χ0n) is 8.86. The Hall–Kier alpha value is -1.55. The van der Waals surface area contributed by atoms with E-state index in [1.165, 1.54) is 7.11 Å². The van der Waals surface area contributed by atoms with Crippen molar-refractivity contribution >= 4 is 5.97 Å². The summed E-state index contributed by atoms with van der Waals surface area (Å²) in [6, 6.07) is 6.83. The van der Waals surface area contributed by atoms with Crippen LogP contribution in [-0.2, 0) is 9.78 Å². The van der Waals surface area contributed by atoms with Gasteiger partial charge in [0.15, 0.2) is 0 Å². The molecule has 0 bridgehead atoms. The van der Waals surface area contributed by atoms with Gasteiger partial charge in [-0.15, -0.1) is 0 Å². The molecule has 0 fully saturated rings. The van der Waals surface area contributed by atoms with Crippen molar-refractivity contribution < 1.29 is 19.3 Å². The second kappa shape index (κ2) is 6.03. The van der Waals surface area contributed by atoms with Gasteiger partial charge in [0.05, 0.1) is 13.7 Å². The Balaban J connectivity index is 2.64. The molecule has 0 atom stereocenters. The summed E-state index contributed by atoms with van der Waals surface area (Å²) in [5, 5.41) is 0. The topological polar surface area (TPSA) is 44.8 Å². The third kappa shape index (κ3) is 3.25. The summed E-state index contributed by atoms with van der Waals surface area (Å²) >= 11 is 0. The minimum Gasteiger partial charge on any atom is -0.496 e. The number of carbonyl (C=O) groups excluding carboxylic acids is 1. The lowest BCUT2D eigenvalue weighted by Gasteiger charge is -2.06. The molecule has 82 valence electrons. The molecular formula is C11H14O4. The van der Waals surface area contributed by atoms with Crippen LogP contribution in [-0.4, -0.2) is 19.7 Å². The van der Waals surface area contributed by atoms with Gasteiger partial charge in [-0.2, -0.15) is 4.89 Å². The highest BCUT2D eigenvalue weighted by Crippen LogP contribution is 2.18. The highest BCUT2D eigenvalue weighted by Gasteiger charge is 2.13. The summed E-state index contributed by atoms with van der Waals surface area (Å²) in [4.78, 5) is 20.8. The van der Waals surface area contributed by atoms with E-state index in [-0.39, 0.29) is 0 Å². The molecule has 0 saturated heterocycles. The molecule has 1 aromatic carbocycles. The van der Waals surface area contributed by atoms with Crippen LogP contribution < -0.4 is 4.74 Å². The van der Waals surface area contributed by atoms with Crippen molar-refractivity contribution in [2.24, 2.45) is 0 Å². The standard InChI is InChI=1S/C11H14O4/c1-3-8-14-15-11(12)9-6-4-5-7-10(9)13-2/h4-7H,3,8H2,1-2H3. The number of ether oxygens (including phenoxy) is 1. The highest BCUT2D eigenvalue weighted by molar-refractivity contribution is 5.92. The predicted molar refractivity (Wildman–Crippen MR) is 54.7 cm³/mol. The van der Waals surface area contributed by atoms with E-state index >= 15 is 0 Å². The van der Waals surface area contributed by atoms with E-state index in [0.29, 0.717) is 17.9 Å². The molecule has 0 heterocycles. The number of rotatable bonds is 5. The number of hydrogen-bond donors (Lipinski definition) is 0. The van der Waals surface area contributed by atoms with Crippen molar-refractivity contribution in [1.29, 1.82) is 0 Å². The zero-order valence-corrected chi connectivity index (χ0v) is 8.86. The largest absolute Gasteiger partial charge is 0.496 e. The smallest absolute Gasteiger partial charge is 0.376 e. The first-order valence-electron chi connectivity index (χ1n) is 4.76. The molecule has 0 N–H and O–H groups in total. The van der Waals surface area contributed by atoms with Crippen LogP contribution in [0.4, 0.5) is 0 Å². The predicted octanol–water partition coefficient (Wildman–Crippen LogP) is 2.19. The van der Waals surface area contributed by atoms with Crippen molar-refractivity contribution in [3.05, 3.63) is 29.8 Å². The van der Waals surface area contributed by atoms with Gasteiger partial charge in [-0.1, -0.05) is 19.1 Å². The number of methoxy groups -OCH3 is 1. The van der Waals surface area contributed by atoms with Gasteiger partial charge in [0, 0.05) is 0 Å². The molecule has 1 aromatic rings. The molecule has 0 aliphatic heterocycles. The molecule has 0 amide bonds. The Morgan fingerprint density at radius 1 is 1.33 bits per heavy atom. The Bertz CT molecular complexity index is 322. The molecular weight excluding hydrogens is 196 g/mol. The maximum Gasteiger partial charge on any atom is 0.376 e. The van der Waals surface area contributed by atoms with E-state index in [1.807, 2.05) is 6.92 Å². The molecule has 4 nitrogen and oxygen atoms in total. The van der Waals surface area contributed by atoms with Crippen LogP contribution in [0.2, 0.25) is 0 Å². The first-order chi connectivity index (χ1) is 7.29. The van der Waals surface area contributed by atoms with Gasteiger partial charge in [-0.05, 0) is 18.6 Å². The van der Waals surface area contributed by atoms with Crippen molar-refractivity contribution in [3.63, 3.8) is 0 Å². The van der Waals surface area contributed by atoms with Crippen LogP contribution in [0.1, 0.15) is 23.7 Å². The Kier molecular flexibility index (Phi) is 4.63. The number of para-hydroxylation sites is 1. The fraction of sp³-hybridized carbons (Fsp3) is 0.364. The van der Waals surface area contributed by atoms with Crippen molar-refractivity contribution in [2.75, 3.05) is 13.7 Å². The van der Waals surface area contributed by atoms with Crippen molar-refractivity contribution in [2.45, 2.75) is 13.3 Å². The zero-order chi connectivity index (χ0) is 11.1. The fourth-order valence-electron chi connectivity index (χ4n) is 1.04. The van der Waals surface area contributed by atoms with E-state index in [1.54, 1.807) is 24.3 Å². The summed E-state index contributed by atoms with van der Waals surface area (Å²) in [6.45, 7) is 2.32. The SMILES string of the molecule is CCCOOC(=O)c1ccccc1OC. The minimum absolute atomic E-state index is 0.358. The average molecular weight is 210 g/mol. The van der Waals surface area contributed by atoms with Gasteiger partial charge >= 0.3 is 5.97 Å². The molecule has 0 aliphatic carbocycles. The van der Waals surface area contributed by atoms with E-state index in [0.717, 1.165) is 6.42 Å². The maximum atomic E-state index is 11.5.